The molecule has 1 nitrogen and oxygen atoms in total. The summed E-state index contributed by atoms with van der Waals surface area (Å²) in [6.45, 7) is 4.77. The van der Waals surface area contributed by atoms with Crippen LogP contribution >= 0.6 is 0 Å². The molecule has 3 atom stereocenters. The first-order chi connectivity index (χ1) is 9.61. The standard InChI is InChI=1S/C18H26FN/c1-12-3-8-17(9-13(12)2)20-18-10-15(11-18)14-4-6-16(19)7-5-14/h4-7,12-13,15,17-18,20H,3,8-11H2,1-2H3. The third kappa shape index (κ3) is 3.06. The Bertz CT molecular complexity index is 435. The van der Waals surface area contributed by atoms with Gasteiger partial charge in [0.15, 0.2) is 0 Å². The molecule has 20 heavy (non-hydrogen) atoms. The average Bonchev–Trinajstić information content (AvgIpc) is 2.39. The Morgan fingerprint density at radius 1 is 0.900 bits per heavy atom. The summed E-state index contributed by atoms with van der Waals surface area (Å²) in [4.78, 5) is 0. The van der Waals surface area contributed by atoms with E-state index in [2.05, 4.69) is 19.2 Å². The van der Waals surface area contributed by atoms with Crippen LogP contribution in [0.1, 0.15) is 57.4 Å². The van der Waals surface area contributed by atoms with Crippen LogP contribution in [0.25, 0.3) is 0 Å². The second-order valence-electron chi connectivity index (χ2n) is 7.05. The smallest absolute Gasteiger partial charge is 0.123 e. The molecule has 1 aromatic rings. The van der Waals surface area contributed by atoms with E-state index in [1.54, 1.807) is 12.1 Å². The Morgan fingerprint density at radius 2 is 1.60 bits per heavy atom. The first kappa shape index (κ1) is 14.1. The van der Waals surface area contributed by atoms with Crippen LogP contribution in [0.4, 0.5) is 4.39 Å². The van der Waals surface area contributed by atoms with Gasteiger partial charge in [-0.2, -0.15) is 0 Å². The molecule has 1 N–H and O–H groups in total. The van der Waals surface area contributed by atoms with Crippen molar-refractivity contribution >= 4 is 0 Å². The summed E-state index contributed by atoms with van der Waals surface area (Å²) in [7, 11) is 0. The fourth-order valence-electron chi connectivity index (χ4n) is 3.79. The normalized spacial score (nSPS) is 37.5. The minimum atomic E-state index is -0.131. The number of hydrogen-bond donors (Lipinski definition) is 1. The molecule has 0 saturated heterocycles. The van der Waals surface area contributed by atoms with Crippen LogP contribution < -0.4 is 5.32 Å². The summed E-state index contributed by atoms with van der Waals surface area (Å²) in [5.41, 5.74) is 1.30. The van der Waals surface area contributed by atoms with E-state index in [0.717, 1.165) is 17.9 Å². The fraction of sp³-hybridized carbons (Fsp3) is 0.667. The van der Waals surface area contributed by atoms with Crippen molar-refractivity contribution < 1.29 is 4.39 Å². The maximum absolute atomic E-state index is 12.9. The van der Waals surface area contributed by atoms with Gasteiger partial charge in [-0.15, -0.1) is 0 Å². The van der Waals surface area contributed by atoms with Gasteiger partial charge in [-0.3, -0.25) is 0 Å². The second kappa shape index (κ2) is 5.85. The number of nitrogens with one attached hydrogen (secondary N) is 1. The zero-order chi connectivity index (χ0) is 14.1. The summed E-state index contributed by atoms with van der Waals surface area (Å²) in [5.74, 6) is 2.25. The van der Waals surface area contributed by atoms with E-state index < -0.39 is 0 Å². The Morgan fingerprint density at radius 3 is 2.25 bits per heavy atom. The average molecular weight is 275 g/mol. The molecule has 2 heteroatoms. The van der Waals surface area contributed by atoms with Gasteiger partial charge in [-0.05, 0) is 67.6 Å². The van der Waals surface area contributed by atoms with E-state index in [1.165, 1.54) is 37.7 Å². The Hall–Kier alpha value is -0.890. The minimum Gasteiger partial charge on any atom is -0.311 e. The monoisotopic (exact) mass is 275 g/mol. The number of rotatable bonds is 3. The van der Waals surface area contributed by atoms with Crippen molar-refractivity contribution in [3.05, 3.63) is 35.6 Å². The lowest BCUT2D eigenvalue weighted by Crippen LogP contribution is -2.47. The molecule has 0 spiro atoms. The molecule has 1 aromatic carbocycles. The predicted octanol–water partition coefficient (Wildman–Crippen LogP) is 4.49. The lowest BCUT2D eigenvalue weighted by atomic mass is 9.74. The van der Waals surface area contributed by atoms with E-state index in [1.807, 2.05) is 12.1 Å². The van der Waals surface area contributed by atoms with Crippen molar-refractivity contribution in [1.82, 2.24) is 5.32 Å². The van der Waals surface area contributed by atoms with Crippen LogP contribution in [0.3, 0.4) is 0 Å². The van der Waals surface area contributed by atoms with E-state index in [4.69, 9.17) is 0 Å². The van der Waals surface area contributed by atoms with Crippen molar-refractivity contribution in [2.45, 2.75) is 64.0 Å². The van der Waals surface area contributed by atoms with Crippen LogP contribution in [0.15, 0.2) is 24.3 Å². The van der Waals surface area contributed by atoms with Gasteiger partial charge in [-0.1, -0.05) is 26.0 Å². The molecule has 0 heterocycles. The molecule has 2 aliphatic carbocycles. The van der Waals surface area contributed by atoms with Crippen LogP contribution in [-0.2, 0) is 0 Å². The van der Waals surface area contributed by atoms with E-state index >= 15 is 0 Å². The third-order valence-corrected chi connectivity index (χ3v) is 5.55. The molecule has 3 rings (SSSR count). The zero-order valence-electron chi connectivity index (χ0n) is 12.6. The molecule has 2 fully saturated rings. The summed E-state index contributed by atoms with van der Waals surface area (Å²) in [5, 5.41) is 3.84. The van der Waals surface area contributed by atoms with Gasteiger partial charge in [0.2, 0.25) is 0 Å². The first-order valence-electron chi connectivity index (χ1n) is 8.13. The van der Waals surface area contributed by atoms with Crippen molar-refractivity contribution in [3.63, 3.8) is 0 Å². The summed E-state index contributed by atoms with van der Waals surface area (Å²) in [6.07, 6.45) is 6.47. The van der Waals surface area contributed by atoms with Crippen molar-refractivity contribution in [2.75, 3.05) is 0 Å². The highest BCUT2D eigenvalue weighted by molar-refractivity contribution is 5.23. The minimum absolute atomic E-state index is 0.131. The number of benzene rings is 1. The third-order valence-electron chi connectivity index (χ3n) is 5.55. The van der Waals surface area contributed by atoms with Gasteiger partial charge in [0.05, 0.1) is 0 Å². The van der Waals surface area contributed by atoms with Gasteiger partial charge in [-0.25, -0.2) is 4.39 Å². The van der Waals surface area contributed by atoms with Gasteiger partial charge >= 0.3 is 0 Å². The molecule has 2 saturated carbocycles. The van der Waals surface area contributed by atoms with Crippen molar-refractivity contribution in [2.24, 2.45) is 11.8 Å². The molecule has 110 valence electrons. The molecular weight excluding hydrogens is 249 g/mol. The van der Waals surface area contributed by atoms with Crippen LogP contribution in [0.2, 0.25) is 0 Å². The Kier molecular flexibility index (Phi) is 4.11. The van der Waals surface area contributed by atoms with Gasteiger partial charge in [0.1, 0.15) is 5.82 Å². The molecule has 3 unspecified atom stereocenters. The van der Waals surface area contributed by atoms with E-state index in [0.29, 0.717) is 12.0 Å². The zero-order valence-corrected chi connectivity index (χ0v) is 12.6. The molecule has 0 bridgehead atoms. The van der Waals surface area contributed by atoms with Gasteiger partial charge in [0.25, 0.3) is 0 Å². The quantitative estimate of drug-likeness (QED) is 0.857. The highest BCUT2D eigenvalue weighted by Crippen LogP contribution is 2.38. The second-order valence-corrected chi connectivity index (χ2v) is 7.05. The lowest BCUT2D eigenvalue weighted by molar-refractivity contribution is 0.183. The fourth-order valence-corrected chi connectivity index (χ4v) is 3.79. The SMILES string of the molecule is CC1CCC(NC2CC(c3ccc(F)cc3)C2)CC1C. The molecule has 0 radical (unpaired) electrons. The van der Waals surface area contributed by atoms with Crippen molar-refractivity contribution in [3.8, 4) is 0 Å². The van der Waals surface area contributed by atoms with Gasteiger partial charge < -0.3 is 5.32 Å². The lowest BCUT2D eigenvalue weighted by Gasteiger charge is -2.41. The molecular formula is C18H26FN. The van der Waals surface area contributed by atoms with Crippen LogP contribution in [-0.4, -0.2) is 12.1 Å². The van der Waals surface area contributed by atoms with Crippen molar-refractivity contribution in [1.29, 1.82) is 0 Å². The van der Waals surface area contributed by atoms with Crippen LogP contribution in [0.5, 0.6) is 0 Å². The summed E-state index contributed by atoms with van der Waals surface area (Å²) in [6, 6.07) is 8.46. The molecule has 0 amide bonds. The molecule has 0 aromatic heterocycles. The molecule has 0 aliphatic heterocycles. The summed E-state index contributed by atoms with van der Waals surface area (Å²) < 4.78 is 12.9. The maximum atomic E-state index is 12.9. The topological polar surface area (TPSA) is 12.0 Å². The number of halogens is 1. The maximum Gasteiger partial charge on any atom is 0.123 e. The van der Waals surface area contributed by atoms with Gasteiger partial charge in [0, 0.05) is 12.1 Å². The highest BCUT2D eigenvalue weighted by atomic mass is 19.1. The molecule has 2 aliphatic rings. The first-order valence-corrected chi connectivity index (χ1v) is 8.13. The van der Waals surface area contributed by atoms with E-state index in [9.17, 15) is 4.39 Å². The van der Waals surface area contributed by atoms with E-state index in [-0.39, 0.29) is 5.82 Å². The van der Waals surface area contributed by atoms with Crippen LogP contribution in [0, 0.1) is 17.7 Å². The number of hydrogen-bond acceptors (Lipinski definition) is 1. The summed E-state index contributed by atoms with van der Waals surface area (Å²) >= 11 is 0. The highest BCUT2D eigenvalue weighted by Gasteiger charge is 2.33. The predicted molar refractivity (Wildman–Crippen MR) is 81.3 cm³/mol. The Balaban J connectivity index is 1.45. The largest absolute Gasteiger partial charge is 0.311 e. The Labute approximate surface area is 122 Å².